The standard InChI is InChI=1S/C13H27NO2/c1-10-8-12(9-11(2)16-10)15-7-6-14-13(3,4)5/h10-12,14H,6-9H2,1-5H3. The van der Waals surface area contributed by atoms with E-state index in [1.54, 1.807) is 0 Å². The highest BCUT2D eigenvalue weighted by Crippen LogP contribution is 2.21. The van der Waals surface area contributed by atoms with E-state index in [9.17, 15) is 0 Å². The second kappa shape index (κ2) is 5.99. The summed E-state index contributed by atoms with van der Waals surface area (Å²) < 4.78 is 11.6. The minimum absolute atomic E-state index is 0.180. The van der Waals surface area contributed by atoms with Gasteiger partial charge in [0.1, 0.15) is 0 Å². The van der Waals surface area contributed by atoms with Gasteiger partial charge in [-0.3, -0.25) is 0 Å². The number of ether oxygens (including phenoxy) is 2. The molecule has 0 aromatic rings. The minimum atomic E-state index is 0.180. The molecule has 0 aromatic carbocycles. The monoisotopic (exact) mass is 229 g/mol. The molecule has 3 heteroatoms. The van der Waals surface area contributed by atoms with E-state index in [0.717, 1.165) is 26.0 Å². The highest BCUT2D eigenvalue weighted by atomic mass is 16.5. The van der Waals surface area contributed by atoms with Gasteiger partial charge in [0.15, 0.2) is 0 Å². The first kappa shape index (κ1) is 13.9. The van der Waals surface area contributed by atoms with Crippen molar-refractivity contribution in [3.8, 4) is 0 Å². The Bertz CT molecular complexity index is 191. The summed E-state index contributed by atoms with van der Waals surface area (Å²) in [6, 6.07) is 0. The maximum absolute atomic E-state index is 5.88. The molecule has 3 nitrogen and oxygen atoms in total. The van der Waals surface area contributed by atoms with E-state index in [0.29, 0.717) is 18.3 Å². The highest BCUT2D eigenvalue weighted by molar-refractivity contribution is 4.74. The SMILES string of the molecule is CC1CC(OCCNC(C)(C)C)CC(C)O1. The van der Waals surface area contributed by atoms with E-state index >= 15 is 0 Å². The molecule has 2 atom stereocenters. The van der Waals surface area contributed by atoms with Gasteiger partial charge in [0.25, 0.3) is 0 Å². The van der Waals surface area contributed by atoms with E-state index in [4.69, 9.17) is 9.47 Å². The molecule has 1 saturated heterocycles. The Kier molecular flexibility index (Phi) is 5.22. The fourth-order valence-corrected chi connectivity index (χ4v) is 2.13. The Balaban J connectivity index is 2.13. The summed E-state index contributed by atoms with van der Waals surface area (Å²) in [6.07, 6.45) is 3.11. The molecular weight excluding hydrogens is 202 g/mol. The fourth-order valence-electron chi connectivity index (χ4n) is 2.13. The summed E-state index contributed by atoms with van der Waals surface area (Å²) in [6.45, 7) is 12.5. The number of hydrogen-bond acceptors (Lipinski definition) is 3. The van der Waals surface area contributed by atoms with Gasteiger partial charge < -0.3 is 14.8 Å². The van der Waals surface area contributed by atoms with Gasteiger partial charge in [-0.2, -0.15) is 0 Å². The first-order valence-corrected chi connectivity index (χ1v) is 6.39. The largest absolute Gasteiger partial charge is 0.377 e. The van der Waals surface area contributed by atoms with Crippen LogP contribution in [0.2, 0.25) is 0 Å². The molecule has 1 aliphatic heterocycles. The molecule has 1 N–H and O–H groups in total. The molecule has 0 aliphatic carbocycles. The summed E-state index contributed by atoms with van der Waals surface area (Å²) in [5, 5.41) is 3.43. The summed E-state index contributed by atoms with van der Waals surface area (Å²) in [5.41, 5.74) is 0.180. The molecule has 1 aliphatic rings. The molecule has 0 bridgehead atoms. The first-order valence-electron chi connectivity index (χ1n) is 6.39. The number of rotatable bonds is 4. The lowest BCUT2D eigenvalue weighted by atomic mass is 10.0. The zero-order chi connectivity index (χ0) is 12.2. The Morgan fingerprint density at radius 2 is 1.75 bits per heavy atom. The van der Waals surface area contributed by atoms with Crippen molar-refractivity contribution in [1.29, 1.82) is 0 Å². The van der Waals surface area contributed by atoms with Gasteiger partial charge in [-0.05, 0) is 47.5 Å². The van der Waals surface area contributed by atoms with Crippen LogP contribution in [-0.4, -0.2) is 37.0 Å². The maximum Gasteiger partial charge on any atom is 0.0625 e. The van der Waals surface area contributed by atoms with Crippen LogP contribution in [0.1, 0.15) is 47.5 Å². The Labute approximate surface area is 99.9 Å². The van der Waals surface area contributed by atoms with Crippen LogP contribution >= 0.6 is 0 Å². The zero-order valence-corrected chi connectivity index (χ0v) is 11.4. The van der Waals surface area contributed by atoms with E-state index in [1.807, 2.05) is 0 Å². The van der Waals surface area contributed by atoms with Gasteiger partial charge in [0.2, 0.25) is 0 Å². The second-order valence-electron chi connectivity index (χ2n) is 5.90. The minimum Gasteiger partial charge on any atom is -0.377 e. The van der Waals surface area contributed by atoms with E-state index in [2.05, 4.69) is 39.9 Å². The first-order chi connectivity index (χ1) is 7.37. The van der Waals surface area contributed by atoms with Crippen LogP contribution in [0.4, 0.5) is 0 Å². The van der Waals surface area contributed by atoms with Crippen molar-refractivity contribution in [2.45, 2.75) is 71.3 Å². The Hall–Kier alpha value is -0.120. The number of hydrogen-bond donors (Lipinski definition) is 1. The van der Waals surface area contributed by atoms with Crippen LogP contribution < -0.4 is 5.32 Å². The molecular formula is C13H27NO2. The van der Waals surface area contributed by atoms with Gasteiger partial charge in [-0.15, -0.1) is 0 Å². The highest BCUT2D eigenvalue weighted by Gasteiger charge is 2.24. The lowest BCUT2D eigenvalue weighted by Gasteiger charge is -2.32. The normalized spacial score (nSPS) is 31.7. The lowest BCUT2D eigenvalue weighted by molar-refractivity contribution is -0.101. The van der Waals surface area contributed by atoms with Crippen LogP contribution in [0.15, 0.2) is 0 Å². The van der Waals surface area contributed by atoms with E-state index in [1.165, 1.54) is 0 Å². The second-order valence-corrected chi connectivity index (χ2v) is 5.90. The van der Waals surface area contributed by atoms with Crippen molar-refractivity contribution >= 4 is 0 Å². The average Bonchev–Trinajstić information content (AvgIpc) is 2.09. The molecule has 0 saturated carbocycles. The van der Waals surface area contributed by atoms with Crippen molar-refractivity contribution in [2.24, 2.45) is 0 Å². The van der Waals surface area contributed by atoms with Crippen molar-refractivity contribution in [1.82, 2.24) is 5.32 Å². The summed E-state index contributed by atoms with van der Waals surface area (Å²) in [4.78, 5) is 0. The molecule has 2 unspecified atom stereocenters. The average molecular weight is 229 g/mol. The molecule has 0 aromatic heterocycles. The van der Waals surface area contributed by atoms with Crippen LogP contribution in [0.3, 0.4) is 0 Å². The molecule has 0 spiro atoms. The van der Waals surface area contributed by atoms with E-state index < -0.39 is 0 Å². The van der Waals surface area contributed by atoms with Gasteiger partial charge in [-0.25, -0.2) is 0 Å². The van der Waals surface area contributed by atoms with Crippen LogP contribution in [0.25, 0.3) is 0 Å². The van der Waals surface area contributed by atoms with Crippen molar-refractivity contribution in [2.75, 3.05) is 13.2 Å². The molecule has 96 valence electrons. The molecule has 1 heterocycles. The van der Waals surface area contributed by atoms with Gasteiger partial charge in [0, 0.05) is 12.1 Å². The fraction of sp³-hybridized carbons (Fsp3) is 1.00. The van der Waals surface area contributed by atoms with Gasteiger partial charge in [-0.1, -0.05) is 0 Å². The third kappa shape index (κ3) is 5.83. The van der Waals surface area contributed by atoms with Crippen LogP contribution in [0.5, 0.6) is 0 Å². The zero-order valence-electron chi connectivity index (χ0n) is 11.4. The molecule has 1 rings (SSSR count). The summed E-state index contributed by atoms with van der Waals surface area (Å²) >= 11 is 0. The maximum atomic E-state index is 5.88. The Morgan fingerprint density at radius 1 is 1.19 bits per heavy atom. The van der Waals surface area contributed by atoms with Crippen molar-refractivity contribution in [3.05, 3.63) is 0 Å². The number of nitrogens with one attached hydrogen (secondary N) is 1. The predicted molar refractivity (Wildman–Crippen MR) is 66.7 cm³/mol. The van der Waals surface area contributed by atoms with Crippen molar-refractivity contribution in [3.63, 3.8) is 0 Å². The summed E-state index contributed by atoms with van der Waals surface area (Å²) in [5.74, 6) is 0. The quantitative estimate of drug-likeness (QED) is 0.751. The van der Waals surface area contributed by atoms with Crippen LogP contribution in [-0.2, 0) is 9.47 Å². The third-order valence-electron chi connectivity index (χ3n) is 2.77. The van der Waals surface area contributed by atoms with Crippen LogP contribution in [0, 0.1) is 0 Å². The predicted octanol–water partition coefficient (Wildman–Crippen LogP) is 2.35. The van der Waals surface area contributed by atoms with Gasteiger partial charge in [0.05, 0.1) is 24.9 Å². The molecule has 0 amide bonds. The lowest BCUT2D eigenvalue weighted by Crippen LogP contribution is -2.40. The summed E-state index contributed by atoms with van der Waals surface area (Å²) in [7, 11) is 0. The van der Waals surface area contributed by atoms with Gasteiger partial charge >= 0.3 is 0 Å². The van der Waals surface area contributed by atoms with E-state index in [-0.39, 0.29) is 5.54 Å². The molecule has 0 radical (unpaired) electrons. The smallest absolute Gasteiger partial charge is 0.0625 e. The Morgan fingerprint density at radius 3 is 2.25 bits per heavy atom. The molecule has 16 heavy (non-hydrogen) atoms. The topological polar surface area (TPSA) is 30.5 Å². The molecule has 1 fully saturated rings. The third-order valence-corrected chi connectivity index (χ3v) is 2.77. The van der Waals surface area contributed by atoms with Crippen molar-refractivity contribution < 1.29 is 9.47 Å².